The smallest absolute Gasteiger partial charge is 0.243 e. The number of amides is 5. The van der Waals surface area contributed by atoms with Gasteiger partial charge in [0, 0.05) is 37.6 Å². The predicted molar refractivity (Wildman–Crippen MR) is 183 cm³/mol. The molecule has 0 bridgehead atoms. The number of carbonyl (C=O) groups is 5. The van der Waals surface area contributed by atoms with Crippen LogP contribution in [0.25, 0.3) is 0 Å². The number of hydrogen-bond acceptors (Lipinski definition) is 7. The van der Waals surface area contributed by atoms with Gasteiger partial charge in [-0.1, -0.05) is 78.3 Å². The van der Waals surface area contributed by atoms with Gasteiger partial charge in [-0.3, -0.25) is 24.0 Å². The van der Waals surface area contributed by atoms with Gasteiger partial charge in [-0.25, -0.2) is 4.98 Å². The molecule has 266 valence electrons. The highest BCUT2D eigenvalue weighted by molar-refractivity contribution is 5.92. The predicted octanol–water partition coefficient (Wildman–Crippen LogP) is 1.75. The Morgan fingerprint density at radius 2 is 1.48 bits per heavy atom. The van der Waals surface area contributed by atoms with Crippen LogP contribution in [0.4, 0.5) is 0 Å². The minimum atomic E-state index is -1.13. The molecule has 0 spiro atoms. The third-order valence-corrected chi connectivity index (χ3v) is 8.56. The molecule has 0 aliphatic carbocycles. The lowest BCUT2D eigenvalue weighted by molar-refractivity contribution is -0.133. The highest BCUT2D eigenvalue weighted by atomic mass is 16.3. The number of primary amides is 1. The third-order valence-electron chi connectivity index (χ3n) is 8.56. The van der Waals surface area contributed by atoms with Gasteiger partial charge < -0.3 is 37.1 Å². The van der Waals surface area contributed by atoms with E-state index in [1.165, 1.54) is 13.3 Å². The summed E-state index contributed by atoms with van der Waals surface area (Å²) in [4.78, 5) is 71.9. The van der Waals surface area contributed by atoms with Crippen molar-refractivity contribution in [2.45, 2.75) is 111 Å². The fraction of sp³-hybridized carbons (Fsp3) is 0.600. The maximum absolute atomic E-state index is 13.9. The van der Waals surface area contributed by atoms with Gasteiger partial charge in [0.15, 0.2) is 0 Å². The largest absolute Gasteiger partial charge is 0.391 e. The fourth-order valence-corrected chi connectivity index (χ4v) is 5.60. The second-order valence-electron chi connectivity index (χ2n) is 13.5. The van der Waals surface area contributed by atoms with E-state index in [9.17, 15) is 29.1 Å². The molecule has 1 aromatic heterocycles. The Balaban J connectivity index is 2.30. The highest BCUT2D eigenvalue weighted by Crippen LogP contribution is 2.23. The van der Waals surface area contributed by atoms with E-state index in [1.807, 2.05) is 71.9 Å². The maximum atomic E-state index is 13.9. The van der Waals surface area contributed by atoms with Crippen LogP contribution in [-0.2, 0) is 36.8 Å². The normalized spacial score (nSPS) is 15.8. The highest BCUT2D eigenvalue weighted by Gasteiger charge is 2.35. The molecule has 0 saturated carbocycles. The van der Waals surface area contributed by atoms with Crippen molar-refractivity contribution in [3.63, 3.8) is 0 Å². The van der Waals surface area contributed by atoms with E-state index in [4.69, 9.17) is 5.73 Å². The molecular formula is C35H55N7O6. The van der Waals surface area contributed by atoms with Crippen molar-refractivity contribution in [3.05, 3.63) is 54.1 Å². The minimum Gasteiger partial charge on any atom is -0.391 e. The van der Waals surface area contributed by atoms with Crippen LogP contribution in [0.5, 0.6) is 0 Å². The number of H-pyrrole nitrogens is 1. The summed E-state index contributed by atoms with van der Waals surface area (Å²) in [6.07, 6.45) is 3.22. The molecule has 0 unspecified atom stereocenters. The second-order valence-corrected chi connectivity index (χ2v) is 13.5. The molecule has 5 amide bonds. The summed E-state index contributed by atoms with van der Waals surface area (Å²) in [5.74, 6) is -3.46. The molecule has 0 aliphatic rings. The molecule has 13 nitrogen and oxygen atoms in total. The van der Waals surface area contributed by atoms with E-state index >= 15 is 0 Å². The number of aliphatic hydroxyl groups excluding tert-OH is 1. The van der Waals surface area contributed by atoms with Crippen molar-refractivity contribution in [1.29, 1.82) is 0 Å². The van der Waals surface area contributed by atoms with E-state index in [1.54, 1.807) is 6.20 Å². The maximum Gasteiger partial charge on any atom is 0.243 e. The second kappa shape index (κ2) is 19.5. The van der Waals surface area contributed by atoms with Crippen LogP contribution >= 0.6 is 0 Å². The van der Waals surface area contributed by atoms with Crippen LogP contribution in [0, 0.1) is 23.7 Å². The van der Waals surface area contributed by atoms with Crippen molar-refractivity contribution in [2.75, 3.05) is 0 Å². The number of aliphatic hydroxyl groups is 1. The summed E-state index contributed by atoms with van der Waals surface area (Å²) in [7, 11) is 0. The first-order chi connectivity index (χ1) is 22.6. The van der Waals surface area contributed by atoms with Gasteiger partial charge in [0.2, 0.25) is 29.5 Å². The van der Waals surface area contributed by atoms with Crippen LogP contribution in [0.15, 0.2) is 42.9 Å². The third kappa shape index (κ3) is 13.1. The zero-order valence-corrected chi connectivity index (χ0v) is 29.3. The number of aromatic nitrogens is 2. The Morgan fingerprint density at radius 3 is 2.00 bits per heavy atom. The van der Waals surface area contributed by atoms with Crippen molar-refractivity contribution in [3.8, 4) is 0 Å². The number of hydrogen-bond donors (Lipinski definition) is 7. The Morgan fingerprint density at radius 1 is 0.854 bits per heavy atom. The van der Waals surface area contributed by atoms with Crippen molar-refractivity contribution >= 4 is 29.5 Å². The number of carbonyl (C=O) groups excluding carboxylic acids is 5. The van der Waals surface area contributed by atoms with Gasteiger partial charge in [-0.15, -0.1) is 0 Å². The Kier molecular flexibility index (Phi) is 16.2. The number of nitrogens with zero attached hydrogens (tertiary/aromatic N) is 1. The molecule has 0 aliphatic heterocycles. The van der Waals surface area contributed by atoms with Crippen molar-refractivity contribution in [1.82, 2.24) is 31.2 Å². The van der Waals surface area contributed by atoms with Gasteiger partial charge in [0.1, 0.15) is 18.1 Å². The average molecular weight is 670 g/mol. The molecule has 1 heterocycles. The Hall–Kier alpha value is -4.26. The average Bonchev–Trinajstić information content (AvgIpc) is 3.53. The molecule has 1 aromatic carbocycles. The zero-order valence-electron chi connectivity index (χ0n) is 29.3. The summed E-state index contributed by atoms with van der Waals surface area (Å²) in [6.45, 7) is 12.7. The molecule has 0 radical (unpaired) electrons. The first kappa shape index (κ1) is 39.9. The van der Waals surface area contributed by atoms with E-state index < -0.39 is 65.7 Å². The molecule has 13 heteroatoms. The number of benzene rings is 1. The zero-order chi connectivity index (χ0) is 36.0. The Bertz CT molecular complexity index is 1320. The van der Waals surface area contributed by atoms with Crippen LogP contribution < -0.4 is 27.0 Å². The van der Waals surface area contributed by atoms with E-state index in [2.05, 4.69) is 31.2 Å². The summed E-state index contributed by atoms with van der Waals surface area (Å²) < 4.78 is 0. The summed E-state index contributed by atoms with van der Waals surface area (Å²) in [5.41, 5.74) is 7.01. The first-order valence-corrected chi connectivity index (χ1v) is 16.8. The van der Waals surface area contributed by atoms with Crippen LogP contribution in [-0.4, -0.2) is 74.9 Å². The first-order valence-electron chi connectivity index (χ1n) is 16.8. The van der Waals surface area contributed by atoms with Gasteiger partial charge in [0.25, 0.3) is 0 Å². The van der Waals surface area contributed by atoms with Gasteiger partial charge in [-0.2, -0.15) is 0 Å². The van der Waals surface area contributed by atoms with Crippen LogP contribution in [0.3, 0.4) is 0 Å². The fourth-order valence-electron chi connectivity index (χ4n) is 5.60. The molecule has 48 heavy (non-hydrogen) atoms. The van der Waals surface area contributed by atoms with E-state index in [-0.39, 0.29) is 37.0 Å². The van der Waals surface area contributed by atoms with Crippen LogP contribution in [0.1, 0.15) is 79.0 Å². The van der Waals surface area contributed by atoms with Crippen LogP contribution in [0.2, 0.25) is 0 Å². The van der Waals surface area contributed by atoms with E-state index in [0.29, 0.717) is 18.5 Å². The Labute approximate surface area is 284 Å². The molecule has 8 N–H and O–H groups in total. The monoisotopic (exact) mass is 669 g/mol. The molecule has 7 atom stereocenters. The topological polar surface area (TPSA) is 208 Å². The minimum absolute atomic E-state index is 0.0202. The van der Waals surface area contributed by atoms with Gasteiger partial charge in [0.05, 0.1) is 18.5 Å². The summed E-state index contributed by atoms with van der Waals surface area (Å²) in [5, 5.41) is 22.7. The lowest BCUT2D eigenvalue weighted by Gasteiger charge is -2.32. The standard InChI is InChI=1S/C35H55N7O6/c1-8-22(6)31(32(36)45)42-33(46)26(21(4)5)17-30(44)27(14-20(2)3)40-35(48)29(16-25-18-37-19-38-25)41-34(47)28(39-23(7)43)15-24-12-10-9-11-13-24/h9-13,18-22,26-31,44H,8,14-17H2,1-7H3,(H2,36,45)(H,37,38)(H,39,43)(H,40,48)(H,41,47)(H,42,46)/t22-,26-,27-,28-,29-,30-,31-/m0/s1. The van der Waals surface area contributed by atoms with Gasteiger partial charge >= 0.3 is 0 Å². The number of nitrogens with two attached hydrogens (primary N) is 1. The number of imidazole rings is 1. The molecule has 2 aromatic rings. The number of rotatable bonds is 20. The quantitative estimate of drug-likeness (QED) is 0.111. The SMILES string of the molecule is CC[C@H](C)[C@H](NC(=O)[C@@H](C[C@H](O)[C@H](CC(C)C)NC(=O)[C@H](Cc1cnc[nH]1)NC(=O)[C@H](Cc1ccccc1)NC(C)=O)C(C)C)C(N)=O. The summed E-state index contributed by atoms with van der Waals surface area (Å²) in [6, 6.07) is 5.59. The van der Waals surface area contributed by atoms with Gasteiger partial charge in [-0.05, 0) is 36.2 Å². The lowest BCUT2D eigenvalue weighted by atomic mass is 9.85. The molecule has 0 fully saturated rings. The van der Waals surface area contributed by atoms with Crippen molar-refractivity contribution < 1.29 is 29.1 Å². The van der Waals surface area contributed by atoms with E-state index in [0.717, 1.165) is 5.56 Å². The lowest BCUT2D eigenvalue weighted by Crippen LogP contribution is -2.57. The number of aromatic amines is 1. The molecule has 0 saturated heterocycles. The number of nitrogens with one attached hydrogen (secondary N) is 5. The summed E-state index contributed by atoms with van der Waals surface area (Å²) >= 11 is 0. The molecule has 2 rings (SSSR count). The van der Waals surface area contributed by atoms with Crippen molar-refractivity contribution in [2.24, 2.45) is 29.4 Å². The molecular weight excluding hydrogens is 614 g/mol.